The lowest BCUT2D eigenvalue weighted by Crippen LogP contribution is -2.39. The van der Waals surface area contributed by atoms with Crippen LogP contribution in [0.3, 0.4) is 0 Å². The number of fused-ring (bicyclic) bond motifs is 1. The van der Waals surface area contributed by atoms with Gasteiger partial charge in [0.25, 0.3) is 0 Å². The zero-order valence-corrected chi connectivity index (χ0v) is 13.4. The van der Waals surface area contributed by atoms with Crippen LogP contribution >= 0.6 is 11.3 Å². The minimum absolute atomic E-state index is 0.283. The van der Waals surface area contributed by atoms with Crippen LogP contribution in [0.1, 0.15) is 36.0 Å². The number of aromatic nitrogens is 2. The maximum absolute atomic E-state index is 11.3. The summed E-state index contributed by atoms with van der Waals surface area (Å²) in [7, 11) is 0. The summed E-state index contributed by atoms with van der Waals surface area (Å²) in [6, 6.07) is 0. The van der Waals surface area contributed by atoms with Crippen molar-refractivity contribution >= 4 is 33.3 Å². The molecule has 0 aliphatic carbocycles. The van der Waals surface area contributed by atoms with Crippen LogP contribution in [0.25, 0.3) is 10.2 Å². The van der Waals surface area contributed by atoms with Gasteiger partial charge in [0.05, 0.1) is 11.0 Å². The van der Waals surface area contributed by atoms with E-state index in [0.29, 0.717) is 29.3 Å². The fourth-order valence-corrected chi connectivity index (χ4v) is 3.28. The SMILES string of the molecule is CCN(CC(C)(C)O)c1ncnc2sc(C(=O)O)c(C)c12. The summed E-state index contributed by atoms with van der Waals surface area (Å²) in [5.74, 6) is -0.280. The molecule has 0 atom stereocenters. The number of aliphatic hydroxyl groups is 1. The van der Waals surface area contributed by atoms with Gasteiger partial charge >= 0.3 is 5.97 Å². The maximum Gasteiger partial charge on any atom is 0.346 e. The third kappa shape index (κ3) is 3.14. The Balaban J connectivity index is 2.60. The summed E-state index contributed by atoms with van der Waals surface area (Å²) in [6.45, 7) is 8.28. The van der Waals surface area contributed by atoms with Crippen molar-refractivity contribution in [2.75, 3.05) is 18.0 Å². The molecule has 2 N–H and O–H groups in total. The normalized spacial score (nSPS) is 11.9. The highest BCUT2D eigenvalue weighted by atomic mass is 32.1. The zero-order valence-electron chi connectivity index (χ0n) is 12.5. The average molecular weight is 309 g/mol. The Morgan fingerprint density at radius 1 is 1.43 bits per heavy atom. The summed E-state index contributed by atoms with van der Waals surface area (Å²) in [4.78, 5) is 22.6. The maximum atomic E-state index is 11.3. The first-order valence-corrected chi connectivity index (χ1v) is 7.51. The second kappa shape index (κ2) is 5.57. The van der Waals surface area contributed by atoms with Crippen molar-refractivity contribution in [3.63, 3.8) is 0 Å². The lowest BCUT2D eigenvalue weighted by Gasteiger charge is -2.29. The van der Waals surface area contributed by atoms with Gasteiger partial charge in [-0.15, -0.1) is 11.3 Å². The molecular formula is C14H19N3O3S. The van der Waals surface area contributed by atoms with Gasteiger partial charge in [-0.05, 0) is 33.3 Å². The molecule has 114 valence electrons. The first-order valence-electron chi connectivity index (χ1n) is 6.69. The molecule has 2 heterocycles. The van der Waals surface area contributed by atoms with Crippen LogP contribution in [0.4, 0.5) is 5.82 Å². The molecule has 0 aromatic carbocycles. The molecule has 2 rings (SSSR count). The number of anilines is 1. The fraction of sp³-hybridized carbons (Fsp3) is 0.500. The van der Waals surface area contributed by atoms with E-state index in [-0.39, 0.29) is 4.88 Å². The molecule has 21 heavy (non-hydrogen) atoms. The van der Waals surface area contributed by atoms with Gasteiger partial charge in [-0.1, -0.05) is 0 Å². The Kier molecular flexibility index (Phi) is 4.15. The summed E-state index contributed by atoms with van der Waals surface area (Å²) >= 11 is 1.15. The van der Waals surface area contributed by atoms with Crippen molar-refractivity contribution in [2.24, 2.45) is 0 Å². The van der Waals surface area contributed by atoms with E-state index < -0.39 is 11.6 Å². The van der Waals surface area contributed by atoms with Crippen molar-refractivity contribution in [3.8, 4) is 0 Å². The smallest absolute Gasteiger partial charge is 0.346 e. The fourth-order valence-electron chi connectivity index (χ4n) is 2.30. The Morgan fingerprint density at radius 3 is 2.62 bits per heavy atom. The molecule has 0 fully saturated rings. The van der Waals surface area contributed by atoms with Crippen molar-refractivity contribution < 1.29 is 15.0 Å². The molecule has 0 aliphatic heterocycles. The largest absolute Gasteiger partial charge is 0.477 e. The van der Waals surface area contributed by atoms with E-state index in [1.54, 1.807) is 20.8 Å². The van der Waals surface area contributed by atoms with E-state index in [1.807, 2.05) is 11.8 Å². The van der Waals surface area contributed by atoms with E-state index in [4.69, 9.17) is 0 Å². The van der Waals surface area contributed by atoms with E-state index in [2.05, 4.69) is 9.97 Å². The summed E-state index contributed by atoms with van der Waals surface area (Å²) in [5, 5.41) is 20.0. The number of thiophene rings is 1. The van der Waals surface area contributed by atoms with Crippen molar-refractivity contribution in [2.45, 2.75) is 33.3 Å². The molecule has 2 aromatic heterocycles. The van der Waals surface area contributed by atoms with Gasteiger partial charge < -0.3 is 15.1 Å². The second-order valence-corrected chi connectivity index (χ2v) is 6.56. The minimum atomic E-state index is -0.952. The van der Waals surface area contributed by atoms with E-state index in [1.165, 1.54) is 6.33 Å². The van der Waals surface area contributed by atoms with Crippen LogP contribution in [0.15, 0.2) is 6.33 Å². The molecule has 2 aromatic rings. The van der Waals surface area contributed by atoms with E-state index >= 15 is 0 Å². The number of carboxylic acids is 1. The highest BCUT2D eigenvalue weighted by Gasteiger charge is 2.24. The monoisotopic (exact) mass is 309 g/mol. The molecule has 0 aliphatic rings. The molecule has 0 radical (unpaired) electrons. The molecule has 6 nitrogen and oxygen atoms in total. The molecule has 0 saturated heterocycles. The van der Waals surface area contributed by atoms with Crippen LogP contribution < -0.4 is 4.90 Å². The number of carboxylic acid groups (broad SMARTS) is 1. The summed E-state index contributed by atoms with van der Waals surface area (Å²) in [5.41, 5.74) is -0.195. The van der Waals surface area contributed by atoms with Gasteiger partial charge in [0.2, 0.25) is 0 Å². The van der Waals surface area contributed by atoms with Crippen molar-refractivity contribution in [1.82, 2.24) is 9.97 Å². The number of hydrogen-bond donors (Lipinski definition) is 2. The molecular weight excluding hydrogens is 290 g/mol. The molecule has 0 amide bonds. The van der Waals surface area contributed by atoms with Crippen LogP contribution in [0.5, 0.6) is 0 Å². The number of aryl methyl sites for hydroxylation is 1. The van der Waals surface area contributed by atoms with Gasteiger partial charge in [0.15, 0.2) is 0 Å². The van der Waals surface area contributed by atoms with Crippen molar-refractivity contribution in [1.29, 1.82) is 0 Å². The highest BCUT2D eigenvalue weighted by molar-refractivity contribution is 7.20. The molecule has 0 unspecified atom stereocenters. The molecule has 0 bridgehead atoms. The first-order chi connectivity index (χ1) is 9.74. The van der Waals surface area contributed by atoms with E-state index in [9.17, 15) is 15.0 Å². The predicted molar refractivity (Wildman–Crippen MR) is 83.3 cm³/mol. The van der Waals surface area contributed by atoms with Gasteiger partial charge in [-0.2, -0.15) is 0 Å². The third-order valence-corrected chi connectivity index (χ3v) is 4.35. The second-order valence-electron chi connectivity index (χ2n) is 5.57. The summed E-state index contributed by atoms with van der Waals surface area (Å²) in [6.07, 6.45) is 1.44. The number of hydrogen-bond acceptors (Lipinski definition) is 6. The Labute approximate surface area is 127 Å². The number of aromatic carboxylic acids is 1. The Morgan fingerprint density at radius 2 is 2.10 bits per heavy atom. The molecule has 7 heteroatoms. The van der Waals surface area contributed by atoms with Crippen LogP contribution in [-0.2, 0) is 0 Å². The van der Waals surface area contributed by atoms with Crippen LogP contribution in [0, 0.1) is 6.92 Å². The van der Waals surface area contributed by atoms with Gasteiger partial charge in [-0.3, -0.25) is 0 Å². The zero-order chi connectivity index (χ0) is 15.8. The predicted octanol–water partition coefficient (Wildman–Crippen LogP) is 2.30. The number of carbonyl (C=O) groups is 1. The quantitative estimate of drug-likeness (QED) is 0.881. The summed E-state index contributed by atoms with van der Waals surface area (Å²) < 4.78 is 0. The molecule has 0 spiro atoms. The van der Waals surface area contributed by atoms with Gasteiger partial charge in [0.1, 0.15) is 21.9 Å². The van der Waals surface area contributed by atoms with Gasteiger partial charge in [0, 0.05) is 13.1 Å². The lowest BCUT2D eigenvalue weighted by atomic mass is 10.1. The highest BCUT2D eigenvalue weighted by Crippen LogP contribution is 2.35. The van der Waals surface area contributed by atoms with Crippen LogP contribution in [-0.4, -0.2) is 44.8 Å². The number of rotatable bonds is 5. The Bertz CT molecular complexity index is 676. The van der Waals surface area contributed by atoms with Crippen molar-refractivity contribution in [3.05, 3.63) is 16.8 Å². The topological polar surface area (TPSA) is 86.5 Å². The number of likely N-dealkylation sites (N-methyl/N-ethyl adjacent to an activating group) is 1. The Hall–Kier alpha value is -1.73. The van der Waals surface area contributed by atoms with Gasteiger partial charge in [-0.25, -0.2) is 14.8 Å². The first kappa shape index (κ1) is 15.7. The van der Waals surface area contributed by atoms with E-state index in [0.717, 1.165) is 16.7 Å². The minimum Gasteiger partial charge on any atom is -0.477 e. The average Bonchev–Trinajstić information content (AvgIpc) is 2.73. The lowest BCUT2D eigenvalue weighted by molar-refractivity contribution is 0.0701. The standard InChI is InChI=1S/C14H19N3O3S/c1-5-17(6-14(3,4)20)11-9-8(2)10(13(18)19)21-12(9)16-7-15-11/h7,20H,5-6H2,1-4H3,(H,18,19). The third-order valence-electron chi connectivity index (χ3n) is 3.16. The van der Waals surface area contributed by atoms with Crippen LogP contribution in [0.2, 0.25) is 0 Å². The molecule has 0 saturated carbocycles. The number of nitrogens with zero attached hydrogens (tertiary/aromatic N) is 3.